The number of aliphatic hydroxyl groups is 1. The van der Waals surface area contributed by atoms with Gasteiger partial charge in [-0.3, -0.25) is 4.98 Å². The first kappa shape index (κ1) is 24.5. The Morgan fingerprint density at radius 2 is 1.83 bits per heavy atom. The van der Waals surface area contributed by atoms with E-state index in [4.69, 9.17) is 11.6 Å². The molecule has 36 heavy (non-hydrogen) atoms. The number of aryl methyl sites for hydroxylation is 3. The zero-order chi connectivity index (χ0) is 25.8. The van der Waals surface area contributed by atoms with Gasteiger partial charge < -0.3 is 10.0 Å². The highest BCUT2D eigenvalue weighted by atomic mass is 35.5. The standard InChI is InChI=1S/C25H24ClF3N6O/c1-14-5-7-19(15(2)31-14)25(36,21-13-30-33-34(21)3)16-6-8-20-17(11-16)22(26)18(12-24(27,28)29)23(32-20)35-9-4-10-35/h5-8,11,13,36H,4,9-10,12H2,1-3H3/t25-/m1/s1. The lowest BCUT2D eigenvalue weighted by molar-refractivity contribution is -0.127. The van der Waals surface area contributed by atoms with E-state index in [0.717, 1.165) is 12.1 Å². The molecule has 0 aliphatic carbocycles. The van der Waals surface area contributed by atoms with Crippen LogP contribution in [-0.2, 0) is 19.1 Å². The summed E-state index contributed by atoms with van der Waals surface area (Å²) in [5, 5.41) is 20.5. The predicted octanol–water partition coefficient (Wildman–Crippen LogP) is 4.63. The van der Waals surface area contributed by atoms with Crippen molar-refractivity contribution in [3.8, 4) is 0 Å². The Bertz CT molecular complexity index is 1470. The van der Waals surface area contributed by atoms with Crippen molar-refractivity contribution in [2.24, 2.45) is 7.05 Å². The van der Waals surface area contributed by atoms with Crippen molar-refractivity contribution in [1.82, 2.24) is 25.0 Å². The molecule has 1 atom stereocenters. The average Bonchev–Trinajstić information content (AvgIpc) is 3.20. The van der Waals surface area contributed by atoms with Crippen LogP contribution in [0.5, 0.6) is 0 Å². The van der Waals surface area contributed by atoms with Crippen LogP contribution in [0.15, 0.2) is 36.5 Å². The van der Waals surface area contributed by atoms with Crippen LogP contribution in [-0.4, -0.2) is 49.3 Å². The lowest BCUT2D eigenvalue weighted by atomic mass is 9.82. The normalized spacial score (nSPS) is 15.7. The molecule has 4 aromatic rings. The first-order valence-electron chi connectivity index (χ1n) is 11.5. The summed E-state index contributed by atoms with van der Waals surface area (Å²) in [4.78, 5) is 10.9. The van der Waals surface area contributed by atoms with Gasteiger partial charge in [-0.2, -0.15) is 13.2 Å². The van der Waals surface area contributed by atoms with Crippen LogP contribution >= 0.6 is 11.6 Å². The van der Waals surface area contributed by atoms with E-state index < -0.39 is 18.2 Å². The number of alkyl halides is 3. The summed E-state index contributed by atoms with van der Waals surface area (Å²) >= 11 is 6.66. The molecule has 3 aromatic heterocycles. The molecule has 0 saturated carbocycles. The van der Waals surface area contributed by atoms with Gasteiger partial charge in [-0.25, -0.2) is 9.67 Å². The maximum atomic E-state index is 13.5. The fourth-order valence-electron chi connectivity index (χ4n) is 4.75. The third-order valence-corrected chi connectivity index (χ3v) is 7.08. The second-order valence-electron chi connectivity index (χ2n) is 9.13. The largest absolute Gasteiger partial charge is 0.393 e. The van der Waals surface area contributed by atoms with Crippen LogP contribution in [0.1, 0.15) is 40.2 Å². The molecule has 1 N–H and O–H groups in total. The number of aromatic nitrogens is 5. The first-order chi connectivity index (χ1) is 17.0. The second-order valence-corrected chi connectivity index (χ2v) is 9.51. The SMILES string of the molecule is Cc1ccc([C@](O)(c2ccc3nc(N4CCC4)c(CC(F)(F)F)c(Cl)c3c2)c2cnnn2C)c(C)n1. The Labute approximate surface area is 210 Å². The summed E-state index contributed by atoms with van der Waals surface area (Å²) < 4.78 is 42.0. The molecule has 0 amide bonds. The number of pyridine rings is 2. The number of halogens is 4. The summed E-state index contributed by atoms with van der Waals surface area (Å²) in [6.45, 7) is 4.89. The molecular weight excluding hydrogens is 493 g/mol. The number of hydrogen-bond acceptors (Lipinski definition) is 6. The average molecular weight is 517 g/mol. The molecule has 5 rings (SSSR count). The third kappa shape index (κ3) is 4.08. The molecule has 188 valence electrons. The van der Waals surface area contributed by atoms with E-state index in [2.05, 4.69) is 20.3 Å². The smallest absolute Gasteiger partial charge is 0.374 e. The van der Waals surface area contributed by atoms with Crippen molar-refractivity contribution < 1.29 is 18.3 Å². The Kier molecular flexibility index (Phi) is 5.91. The zero-order valence-corrected chi connectivity index (χ0v) is 20.7. The molecule has 11 heteroatoms. The van der Waals surface area contributed by atoms with Crippen LogP contribution < -0.4 is 4.90 Å². The van der Waals surface area contributed by atoms with Gasteiger partial charge in [0, 0.05) is 48.0 Å². The molecule has 1 fully saturated rings. The van der Waals surface area contributed by atoms with Crippen molar-refractivity contribution in [2.75, 3.05) is 18.0 Å². The highest BCUT2D eigenvalue weighted by Gasteiger charge is 2.40. The molecular formula is C25H24ClF3N6O. The molecule has 1 aliphatic rings. The molecule has 1 saturated heterocycles. The van der Waals surface area contributed by atoms with Crippen LogP contribution in [0.2, 0.25) is 5.02 Å². The summed E-state index contributed by atoms with van der Waals surface area (Å²) in [6.07, 6.45) is -3.31. The number of rotatable bonds is 5. The maximum Gasteiger partial charge on any atom is 0.393 e. The monoisotopic (exact) mass is 516 g/mol. The van der Waals surface area contributed by atoms with E-state index in [9.17, 15) is 18.3 Å². The number of anilines is 1. The number of hydrogen-bond donors (Lipinski definition) is 1. The highest BCUT2D eigenvalue weighted by Crippen LogP contribution is 2.42. The first-order valence-corrected chi connectivity index (χ1v) is 11.8. The van der Waals surface area contributed by atoms with Crippen LogP contribution in [0, 0.1) is 13.8 Å². The fraction of sp³-hybridized carbons (Fsp3) is 0.360. The molecule has 7 nitrogen and oxygen atoms in total. The van der Waals surface area contributed by atoms with Crippen molar-refractivity contribution in [3.63, 3.8) is 0 Å². The highest BCUT2D eigenvalue weighted by molar-refractivity contribution is 6.36. The van der Waals surface area contributed by atoms with Gasteiger partial charge in [0.05, 0.1) is 28.9 Å². The Morgan fingerprint density at radius 3 is 2.42 bits per heavy atom. The number of fused-ring (bicyclic) bond motifs is 1. The molecule has 4 heterocycles. The van der Waals surface area contributed by atoms with Gasteiger partial charge in [0.25, 0.3) is 0 Å². The van der Waals surface area contributed by atoms with Gasteiger partial charge >= 0.3 is 6.18 Å². The van der Waals surface area contributed by atoms with Gasteiger partial charge in [-0.15, -0.1) is 5.10 Å². The quantitative estimate of drug-likeness (QED) is 0.417. The van der Waals surface area contributed by atoms with Gasteiger partial charge in [0.2, 0.25) is 0 Å². The van der Waals surface area contributed by atoms with Crippen molar-refractivity contribution >= 4 is 28.3 Å². The molecule has 1 aromatic carbocycles. The Hall–Kier alpha value is -3.24. The molecule has 0 bridgehead atoms. The van der Waals surface area contributed by atoms with Crippen molar-refractivity contribution in [3.05, 3.63) is 75.3 Å². The lowest BCUT2D eigenvalue weighted by Gasteiger charge is -2.34. The molecule has 0 radical (unpaired) electrons. The zero-order valence-electron chi connectivity index (χ0n) is 19.9. The van der Waals surface area contributed by atoms with E-state index in [0.29, 0.717) is 46.5 Å². The second kappa shape index (κ2) is 8.70. The molecule has 0 unspecified atom stereocenters. The van der Waals surface area contributed by atoms with Crippen molar-refractivity contribution in [1.29, 1.82) is 0 Å². The van der Waals surface area contributed by atoms with E-state index in [1.165, 1.54) is 10.9 Å². The summed E-state index contributed by atoms with van der Waals surface area (Å²) in [6, 6.07) is 8.52. The van der Waals surface area contributed by atoms with Crippen molar-refractivity contribution in [2.45, 2.75) is 38.5 Å². The lowest BCUT2D eigenvalue weighted by Crippen LogP contribution is -2.38. The van der Waals surface area contributed by atoms with Gasteiger partial charge in [-0.1, -0.05) is 28.9 Å². The predicted molar refractivity (Wildman–Crippen MR) is 130 cm³/mol. The Balaban J connectivity index is 1.76. The van der Waals surface area contributed by atoms with Gasteiger partial charge in [-0.05, 0) is 44.0 Å². The van der Waals surface area contributed by atoms with Crippen LogP contribution in [0.25, 0.3) is 10.9 Å². The van der Waals surface area contributed by atoms with E-state index in [1.807, 2.05) is 6.92 Å². The fourth-order valence-corrected chi connectivity index (χ4v) is 5.05. The molecule has 0 spiro atoms. The summed E-state index contributed by atoms with van der Waals surface area (Å²) in [5.41, 5.74) is 1.25. The minimum Gasteiger partial charge on any atom is -0.374 e. The van der Waals surface area contributed by atoms with Crippen LogP contribution in [0.4, 0.5) is 19.0 Å². The number of nitrogens with zero attached hydrogens (tertiary/aromatic N) is 6. The van der Waals surface area contributed by atoms with E-state index in [1.54, 1.807) is 49.2 Å². The summed E-state index contributed by atoms with van der Waals surface area (Å²) in [7, 11) is 1.65. The number of benzene rings is 1. The van der Waals surface area contributed by atoms with E-state index >= 15 is 0 Å². The minimum absolute atomic E-state index is 0.0229. The van der Waals surface area contributed by atoms with E-state index in [-0.39, 0.29) is 16.4 Å². The van der Waals surface area contributed by atoms with Gasteiger partial charge in [0.15, 0.2) is 5.60 Å². The molecule has 1 aliphatic heterocycles. The van der Waals surface area contributed by atoms with Crippen LogP contribution in [0.3, 0.4) is 0 Å². The topological polar surface area (TPSA) is 80.0 Å². The maximum absolute atomic E-state index is 13.5. The minimum atomic E-state index is -4.46. The summed E-state index contributed by atoms with van der Waals surface area (Å²) in [5.74, 6) is 0.258. The van der Waals surface area contributed by atoms with Gasteiger partial charge in [0.1, 0.15) is 5.82 Å². The Morgan fingerprint density at radius 1 is 1.08 bits per heavy atom. The third-order valence-electron chi connectivity index (χ3n) is 6.64.